The highest BCUT2D eigenvalue weighted by molar-refractivity contribution is 8.00. The minimum Gasteiger partial charge on any atom is -0.416 e. The van der Waals surface area contributed by atoms with Crippen molar-refractivity contribution in [3.63, 3.8) is 0 Å². The monoisotopic (exact) mass is 437 g/mol. The maximum atomic E-state index is 13.2. The van der Waals surface area contributed by atoms with E-state index in [0.717, 1.165) is 5.56 Å². The molecule has 1 amide bonds. The number of aromatic nitrogens is 2. The molecular formula is C19H23N3O5S2. The van der Waals surface area contributed by atoms with Gasteiger partial charge < -0.3 is 14.1 Å². The second-order valence-electron chi connectivity index (χ2n) is 7.28. The molecule has 29 heavy (non-hydrogen) atoms. The fourth-order valence-corrected chi connectivity index (χ4v) is 6.43. The van der Waals surface area contributed by atoms with Gasteiger partial charge >= 0.3 is 0 Å². The molecule has 2 atom stereocenters. The molecule has 0 unspecified atom stereocenters. The number of hydrogen-bond donors (Lipinski definition) is 0. The van der Waals surface area contributed by atoms with E-state index in [0.29, 0.717) is 50.3 Å². The number of carbonyl (C=O) groups excluding carboxylic acids is 1. The predicted molar refractivity (Wildman–Crippen MR) is 107 cm³/mol. The molecule has 2 aliphatic rings. The van der Waals surface area contributed by atoms with Crippen LogP contribution in [0.15, 0.2) is 40.0 Å². The van der Waals surface area contributed by atoms with E-state index in [2.05, 4.69) is 10.2 Å². The van der Waals surface area contributed by atoms with Gasteiger partial charge in [-0.25, -0.2) is 8.42 Å². The Labute approximate surface area is 173 Å². The molecule has 2 aromatic rings. The van der Waals surface area contributed by atoms with Crippen molar-refractivity contribution in [3.8, 4) is 0 Å². The lowest BCUT2D eigenvalue weighted by Crippen LogP contribution is -2.42. The van der Waals surface area contributed by atoms with E-state index in [1.165, 1.54) is 11.8 Å². The first-order chi connectivity index (χ1) is 14.0. The summed E-state index contributed by atoms with van der Waals surface area (Å²) in [7, 11) is -2.94. The van der Waals surface area contributed by atoms with Gasteiger partial charge in [-0.05, 0) is 29.7 Å². The Hall–Kier alpha value is -1.91. The summed E-state index contributed by atoms with van der Waals surface area (Å²) < 4.78 is 34.4. The maximum Gasteiger partial charge on any atom is 0.277 e. The van der Waals surface area contributed by atoms with Crippen molar-refractivity contribution in [1.82, 2.24) is 15.1 Å². The molecule has 2 aliphatic heterocycles. The molecule has 10 heteroatoms. The average molecular weight is 438 g/mol. The first kappa shape index (κ1) is 20.4. The summed E-state index contributed by atoms with van der Waals surface area (Å²) in [4.78, 5) is 15.0. The summed E-state index contributed by atoms with van der Waals surface area (Å²) in [5, 5.41) is 7.98. The van der Waals surface area contributed by atoms with Crippen molar-refractivity contribution in [2.75, 3.05) is 37.8 Å². The minimum atomic E-state index is -2.94. The fraction of sp³-hybridized carbons (Fsp3) is 0.526. The third-order valence-corrected chi connectivity index (χ3v) is 8.02. The summed E-state index contributed by atoms with van der Waals surface area (Å²) in [5.74, 6) is 0.807. The Morgan fingerprint density at radius 3 is 2.66 bits per heavy atom. The van der Waals surface area contributed by atoms with E-state index < -0.39 is 15.1 Å². The highest BCUT2D eigenvalue weighted by atomic mass is 32.2. The number of benzene rings is 1. The molecule has 3 heterocycles. The maximum absolute atomic E-state index is 13.2. The number of morpholine rings is 1. The SMILES string of the molecule is O=C([C@@H](Sc1nnc(C[C@H]2CCS(=O)(=O)C2)o1)c1ccccc1)N1CCOCC1. The zero-order chi connectivity index (χ0) is 20.3. The van der Waals surface area contributed by atoms with Gasteiger partial charge in [-0.15, -0.1) is 10.2 Å². The Kier molecular flexibility index (Phi) is 6.21. The Morgan fingerprint density at radius 1 is 1.21 bits per heavy atom. The number of hydrogen-bond acceptors (Lipinski definition) is 8. The number of amides is 1. The van der Waals surface area contributed by atoms with Crippen LogP contribution < -0.4 is 0 Å². The molecule has 0 bridgehead atoms. The van der Waals surface area contributed by atoms with Gasteiger partial charge in [-0.1, -0.05) is 30.3 Å². The average Bonchev–Trinajstić information content (AvgIpc) is 3.32. The summed E-state index contributed by atoms with van der Waals surface area (Å²) in [5.41, 5.74) is 0.871. The van der Waals surface area contributed by atoms with Gasteiger partial charge in [0.15, 0.2) is 9.84 Å². The summed E-state index contributed by atoms with van der Waals surface area (Å²) >= 11 is 1.23. The van der Waals surface area contributed by atoms with Crippen LogP contribution in [-0.4, -0.2) is 67.2 Å². The number of thioether (sulfide) groups is 1. The zero-order valence-electron chi connectivity index (χ0n) is 15.9. The summed E-state index contributed by atoms with van der Waals surface area (Å²) in [6, 6.07) is 9.53. The van der Waals surface area contributed by atoms with Gasteiger partial charge in [-0.2, -0.15) is 0 Å². The van der Waals surface area contributed by atoms with Crippen LogP contribution in [0.25, 0.3) is 0 Å². The lowest BCUT2D eigenvalue weighted by molar-refractivity contribution is -0.134. The largest absolute Gasteiger partial charge is 0.416 e. The van der Waals surface area contributed by atoms with Crippen LogP contribution in [0.2, 0.25) is 0 Å². The second kappa shape index (κ2) is 8.85. The van der Waals surface area contributed by atoms with Gasteiger partial charge in [0.2, 0.25) is 11.8 Å². The molecule has 0 saturated carbocycles. The smallest absolute Gasteiger partial charge is 0.277 e. The molecule has 8 nitrogen and oxygen atoms in total. The van der Waals surface area contributed by atoms with Gasteiger partial charge in [0.05, 0.1) is 24.7 Å². The standard InChI is InChI=1S/C19H23N3O5S2/c23-18(22-7-9-26-10-8-22)17(15-4-2-1-3-5-15)28-19-21-20-16(27-19)12-14-6-11-29(24,25)13-14/h1-5,14,17H,6-13H2/t14-,17+/m1/s1. The van der Waals surface area contributed by atoms with Gasteiger partial charge in [0.25, 0.3) is 5.22 Å². The fourth-order valence-electron chi connectivity index (χ4n) is 3.59. The van der Waals surface area contributed by atoms with Crippen LogP contribution in [0.3, 0.4) is 0 Å². The topological polar surface area (TPSA) is 103 Å². The number of sulfone groups is 1. The molecule has 1 aromatic carbocycles. The predicted octanol–water partition coefficient (Wildman–Crippen LogP) is 1.74. The first-order valence-electron chi connectivity index (χ1n) is 9.61. The Balaban J connectivity index is 1.48. The van der Waals surface area contributed by atoms with Crippen LogP contribution >= 0.6 is 11.8 Å². The van der Waals surface area contributed by atoms with Crippen LogP contribution in [-0.2, 0) is 25.8 Å². The molecule has 0 N–H and O–H groups in total. The summed E-state index contributed by atoms with van der Waals surface area (Å²) in [6.07, 6.45) is 1.07. The number of rotatable bonds is 6. The molecule has 2 fully saturated rings. The van der Waals surface area contributed by atoms with Crippen molar-refractivity contribution in [3.05, 3.63) is 41.8 Å². The molecule has 0 aliphatic carbocycles. The van der Waals surface area contributed by atoms with E-state index in [-0.39, 0.29) is 23.3 Å². The van der Waals surface area contributed by atoms with Gasteiger partial charge in [0, 0.05) is 19.5 Å². The summed E-state index contributed by atoms with van der Waals surface area (Å²) in [6.45, 7) is 2.20. The van der Waals surface area contributed by atoms with Crippen molar-refractivity contribution in [2.24, 2.45) is 5.92 Å². The number of carbonyl (C=O) groups is 1. The molecule has 1 aromatic heterocycles. The molecule has 0 radical (unpaired) electrons. The van der Waals surface area contributed by atoms with Crippen LogP contribution in [0.4, 0.5) is 0 Å². The van der Waals surface area contributed by atoms with Gasteiger partial charge in [0.1, 0.15) is 5.25 Å². The van der Waals surface area contributed by atoms with E-state index in [4.69, 9.17) is 9.15 Å². The molecule has 156 valence electrons. The van der Waals surface area contributed by atoms with Crippen molar-refractivity contribution in [1.29, 1.82) is 0 Å². The highest BCUT2D eigenvalue weighted by Gasteiger charge is 2.31. The number of ether oxygens (including phenoxy) is 1. The van der Waals surface area contributed by atoms with E-state index in [1.807, 2.05) is 30.3 Å². The Morgan fingerprint density at radius 2 is 1.97 bits per heavy atom. The quantitative estimate of drug-likeness (QED) is 0.630. The van der Waals surface area contributed by atoms with Crippen molar-refractivity contribution >= 4 is 27.5 Å². The molecule has 2 saturated heterocycles. The lowest BCUT2D eigenvalue weighted by Gasteiger charge is -2.29. The molecule has 0 spiro atoms. The first-order valence-corrected chi connectivity index (χ1v) is 12.3. The van der Waals surface area contributed by atoms with E-state index >= 15 is 0 Å². The van der Waals surface area contributed by atoms with Crippen molar-refractivity contribution in [2.45, 2.75) is 23.3 Å². The third-order valence-electron chi connectivity index (χ3n) is 5.11. The number of nitrogens with zero attached hydrogens (tertiary/aromatic N) is 3. The molecule has 4 rings (SSSR count). The third kappa shape index (κ3) is 5.18. The second-order valence-corrected chi connectivity index (χ2v) is 10.6. The van der Waals surface area contributed by atoms with Crippen LogP contribution in [0.5, 0.6) is 0 Å². The Bertz CT molecular complexity index is 942. The lowest BCUT2D eigenvalue weighted by atomic mass is 10.1. The van der Waals surface area contributed by atoms with Gasteiger partial charge in [-0.3, -0.25) is 4.79 Å². The van der Waals surface area contributed by atoms with Crippen LogP contribution in [0.1, 0.15) is 23.1 Å². The van der Waals surface area contributed by atoms with E-state index in [1.54, 1.807) is 4.90 Å². The van der Waals surface area contributed by atoms with E-state index in [9.17, 15) is 13.2 Å². The normalized spacial score (nSPS) is 22.5. The highest BCUT2D eigenvalue weighted by Crippen LogP contribution is 2.36. The zero-order valence-corrected chi connectivity index (χ0v) is 17.5. The van der Waals surface area contributed by atoms with Crippen LogP contribution in [0, 0.1) is 5.92 Å². The minimum absolute atomic E-state index is 0.00821. The molecular weight excluding hydrogens is 414 g/mol. The van der Waals surface area contributed by atoms with Crippen molar-refractivity contribution < 1.29 is 22.4 Å².